The van der Waals surface area contributed by atoms with E-state index in [4.69, 9.17) is 9.84 Å². The minimum atomic E-state index is -0.209. The number of aromatic nitrogens is 1. The third-order valence-electron chi connectivity index (χ3n) is 2.34. The van der Waals surface area contributed by atoms with E-state index >= 15 is 0 Å². The number of hydrogen-bond donors (Lipinski definition) is 2. The number of carbonyl (C=O) groups is 1. The van der Waals surface area contributed by atoms with Crippen LogP contribution in [0.25, 0.3) is 0 Å². The topological polar surface area (TPSA) is 74.7 Å². The number of methoxy groups -OCH3 is 1. The first-order valence-corrected chi connectivity index (χ1v) is 5.62. The van der Waals surface area contributed by atoms with Gasteiger partial charge in [0.2, 0.25) is 0 Å². The fourth-order valence-corrected chi connectivity index (χ4v) is 1.44. The molecule has 1 heterocycles. The maximum absolute atomic E-state index is 11.7. The van der Waals surface area contributed by atoms with Gasteiger partial charge < -0.3 is 20.1 Å². The molecule has 0 saturated heterocycles. The number of hydrogen-bond acceptors (Lipinski definition) is 5. The van der Waals surface area contributed by atoms with E-state index in [-0.39, 0.29) is 18.6 Å². The van der Waals surface area contributed by atoms with Gasteiger partial charge in [-0.1, -0.05) is 0 Å². The molecule has 6 nitrogen and oxygen atoms in total. The Hall–Kier alpha value is -1.66. The predicted molar refractivity (Wildman–Crippen MR) is 68.6 cm³/mol. The molecule has 0 aliphatic rings. The third kappa shape index (κ3) is 3.97. The summed E-state index contributed by atoms with van der Waals surface area (Å²) in [6, 6.07) is 3.19. The van der Waals surface area contributed by atoms with Gasteiger partial charge in [0, 0.05) is 33.1 Å². The van der Waals surface area contributed by atoms with Crippen molar-refractivity contribution in [3.05, 3.63) is 24.0 Å². The molecule has 0 radical (unpaired) electrons. The Labute approximate surface area is 107 Å². The molecule has 6 heteroatoms. The summed E-state index contributed by atoms with van der Waals surface area (Å²) < 4.78 is 4.97. The summed E-state index contributed by atoms with van der Waals surface area (Å²) in [4.78, 5) is 17.2. The maximum atomic E-state index is 11.7. The van der Waals surface area contributed by atoms with Crippen LogP contribution in [0, 0.1) is 0 Å². The molecule has 0 saturated carbocycles. The zero-order valence-electron chi connectivity index (χ0n) is 10.9. The number of aliphatic hydroxyl groups excluding tert-OH is 1. The standard InChI is InChI=1S/C12H19N3O3/c1-15(2)12(17)11-6-9(4-5-13-11)14-10(7-16)8-18-3/h4-6,10,16H,7-8H2,1-3H3,(H,13,14). The Balaban J connectivity index is 2.78. The van der Waals surface area contributed by atoms with E-state index in [1.165, 1.54) is 4.90 Å². The molecular weight excluding hydrogens is 234 g/mol. The van der Waals surface area contributed by atoms with Crippen LogP contribution in [0.5, 0.6) is 0 Å². The normalized spacial score (nSPS) is 12.0. The summed E-state index contributed by atoms with van der Waals surface area (Å²) in [5, 5.41) is 12.2. The van der Waals surface area contributed by atoms with Gasteiger partial charge in [-0.05, 0) is 12.1 Å². The molecule has 0 aromatic carbocycles. The quantitative estimate of drug-likeness (QED) is 0.757. The Morgan fingerprint density at radius 3 is 2.89 bits per heavy atom. The van der Waals surface area contributed by atoms with Crippen LogP contribution in [-0.2, 0) is 4.74 Å². The average molecular weight is 253 g/mol. The van der Waals surface area contributed by atoms with E-state index in [0.29, 0.717) is 12.3 Å². The number of ether oxygens (including phenoxy) is 1. The Morgan fingerprint density at radius 2 is 2.33 bits per heavy atom. The van der Waals surface area contributed by atoms with Crippen molar-refractivity contribution in [2.45, 2.75) is 6.04 Å². The van der Waals surface area contributed by atoms with Crippen LogP contribution in [0.15, 0.2) is 18.3 Å². The summed E-state index contributed by atoms with van der Waals surface area (Å²) in [6.45, 7) is 0.336. The lowest BCUT2D eigenvalue weighted by Crippen LogP contribution is -2.29. The van der Waals surface area contributed by atoms with Crippen LogP contribution in [0.1, 0.15) is 10.5 Å². The SMILES string of the molecule is COCC(CO)Nc1ccnc(C(=O)N(C)C)c1. The number of aliphatic hydroxyl groups is 1. The molecule has 1 rings (SSSR count). The molecule has 0 fully saturated rings. The van der Waals surface area contributed by atoms with Crippen molar-refractivity contribution in [2.24, 2.45) is 0 Å². The van der Waals surface area contributed by atoms with E-state index in [2.05, 4.69) is 10.3 Å². The summed E-state index contributed by atoms with van der Waals surface area (Å²) in [5.74, 6) is -0.161. The van der Waals surface area contributed by atoms with Crippen molar-refractivity contribution < 1.29 is 14.6 Å². The summed E-state index contributed by atoms with van der Waals surface area (Å²) in [5.41, 5.74) is 1.09. The first-order valence-electron chi connectivity index (χ1n) is 5.62. The summed E-state index contributed by atoms with van der Waals surface area (Å²) in [6.07, 6.45) is 1.56. The Bertz CT molecular complexity index is 396. The van der Waals surface area contributed by atoms with Crippen molar-refractivity contribution in [2.75, 3.05) is 39.7 Å². The first kappa shape index (κ1) is 14.4. The van der Waals surface area contributed by atoms with Gasteiger partial charge in [0.05, 0.1) is 19.3 Å². The minimum Gasteiger partial charge on any atom is -0.394 e. The lowest BCUT2D eigenvalue weighted by molar-refractivity contribution is 0.0822. The van der Waals surface area contributed by atoms with E-state index in [0.717, 1.165) is 5.69 Å². The number of nitrogens with one attached hydrogen (secondary N) is 1. The van der Waals surface area contributed by atoms with Gasteiger partial charge in [-0.3, -0.25) is 9.78 Å². The number of amides is 1. The molecular formula is C12H19N3O3. The second kappa shape index (κ2) is 6.93. The highest BCUT2D eigenvalue weighted by Crippen LogP contribution is 2.10. The number of carbonyl (C=O) groups excluding carboxylic acids is 1. The monoisotopic (exact) mass is 253 g/mol. The zero-order chi connectivity index (χ0) is 13.5. The molecule has 18 heavy (non-hydrogen) atoms. The van der Waals surface area contributed by atoms with E-state index in [1.807, 2.05) is 0 Å². The van der Waals surface area contributed by atoms with E-state index in [1.54, 1.807) is 39.5 Å². The van der Waals surface area contributed by atoms with Crippen LogP contribution in [-0.4, -0.2) is 61.4 Å². The largest absolute Gasteiger partial charge is 0.394 e. The lowest BCUT2D eigenvalue weighted by Gasteiger charge is -2.17. The van der Waals surface area contributed by atoms with Crippen molar-refractivity contribution >= 4 is 11.6 Å². The van der Waals surface area contributed by atoms with Gasteiger partial charge in [-0.2, -0.15) is 0 Å². The molecule has 0 spiro atoms. The predicted octanol–water partition coefficient (Wildman–Crippen LogP) is 0.203. The molecule has 0 aliphatic carbocycles. The van der Waals surface area contributed by atoms with Crippen molar-refractivity contribution in [1.82, 2.24) is 9.88 Å². The fourth-order valence-electron chi connectivity index (χ4n) is 1.44. The van der Waals surface area contributed by atoms with Gasteiger partial charge in [-0.15, -0.1) is 0 Å². The molecule has 100 valence electrons. The van der Waals surface area contributed by atoms with Gasteiger partial charge >= 0.3 is 0 Å². The molecule has 2 N–H and O–H groups in total. The molecule has 1 amide bonds. The smallest absolute Gasteiger partial charge is 0.272 e. The van der Waals surface area contributed by atoms with Gasteiger partial charge in [0.15, 0.2) is 0 Å². The Kier molecular flexibility index (Phi) is 5.54. The highest BCUT2D eigenvalue weighted by atomic mass is 16.5. The number of nitrogens with zero attached hydrogens (tertiary/aromatic N) is 2. The van der Waals surface area contributed by atoms with Crippen LogP contribution in [0.3, 0.4) is 0 Å². The van der Waals surface area contributed by atoms with Crippen LogP contribution >= 0.6 is 0 Å². The molecule has 1 aromatic rings. The molecule has 0 aliphatic heterocycles. The minimum absolute atomic E-state index is 0.0485. The number of anilines is 1. The van der Waals surface area contributed by atoms with Gasteiger partial charge in [0.25, 0.3) is 5.91 Å². The van der Waals surface area contributed by atoms with Crippen molar-refractivity contribution in [3.63, 3.8) is 0 Å². The first-order chi connectivity index (χ1) is 8.58. The average Bonchev–Trinajstić information content (AvgIpc) is 2.37. The lowest BCUT2D eigenvalue weighted by atomic mass is 10.2. The van der Waals surface area contributed by atoms with Crippen LogP contribution < -0.4 is 5.32 Å². The molecule has 0 bridgehead atoms. The second-order valence-electron chi connectivity index (χ2n) is 4.11. The van der Waals surface area contributed by atoms with Crippen molar-refractivity contribution in [3.8, 4) is 0 Å². The maximum Gasteiger partial charge on any atom is 0.272 e. The van der Waals surface area contributed by atoms with Crippen molar-refractivity contribution in [1.29, 1.82) is 0 Å². The molecule has 1 aromatic heterocycles. The number of pyridine rings is 1. The van der Waals surface area contributed by atoms with Crippen LogP contribution in [0.4, 0.5) is 5.69 Å². The van der Waals surface area contributed by atoms with Crippen LogP contribution in [0.2, 0.25) is 0 Å². The van der Waals surface area contributed by atoms with E-state index < -0.39 is 0 Å². The highest BCUT2D eigenvalue weighted by molar-refractivity contribution is 5.92. The Morgan fingerprint density at radius 1 is 1.61 bits per heavy atom. The summed E-state index contributed by atoms with van der Waals surface area (Å²) in [7, 11) is 4.91. The molecule has 1 unspecified atom stereocenters. The van der Waals surface area contributed by atoms with E-state index in [9.17, 15) is 4.79 Å². The zero-order valence-corrected chi connectivity index (χ0v) is 10.9. The van der Waals surface area contributed by atoms with Gasteiger partial charge in [-0.25, -0.2) is 0 Å². The second-order valence-corrected chi connectivity index (χ2v) is 4.11. The highest BCUT2D eigenvalue weighted by Gasteiger charge is 2.12. The number of rotatable bonds is 6. The third-order valence-corrected chi connectivity index (χ3v) is 2.34. The molecule has 1 atom stereocenters. The van der Waals surface area contributed by atoms with Gasteiger partial charge in [0.1, 0.15) is 5.69 Å². The summed E-state index contributed by atoms with van der Waals surface area (Å²) >= 11 is 0. The fraction of sp³-hybridized carbons (Fsp3) is 0.500.